The molecule has 0 amide bonds. The van der Waals surface area contributed by atoms with Gasteiger partial charge in [0.2, 0.25) is 10.0 Å². The van der Waals surface area contributed by atoms with Gasteiger partial charge in [-0.2, -0.15) is 0 Å². The average molecular weight is 375 g/mol. The first-order chi connectivity index (χ1) is 9.99. The zero-order valence-corrected chi connectivity index (χ0v) is 14.3. The van der Waals surface area contributed by atoms with Crippen LogP contribution in [0.4, 0.5) is 0 Å². The van der Waals surface area contributed by atoms with Crippen molar-refractivity contribution in [1.29, 1.82) is 0 Å². The van der Waals surface area contributed by atoms with Crippen LogP contribution in [0, 0.1) is 5.92 Å². The van der Waals surface area contributed by atoms with Gasteiger partial charge in [0, 0.05) is 12.6 Å². The highest BCUT2D eigenvalue weighted by Gasteiger charge is 2.36. The van der Waals surface area contributed by atoms with E-state index in [-0.39, 0.29) is 10.9 Å². The Morgan fingerprint density at radius 1 is 1.33 bits per heavy atom. The van der Waals surface area contributed by atoms with Crippen LogP contribution in [0.25, 0.3) is 0 Å². The van der Waals surface area contributed by atoms with Gasteiger partial charge in [-0.05, 0) is 66.0 Å². The van der Waals surface area contributed by atoms with Crippen LogP contribution in [-0.2, 0) is 10.0 Å². The second-order valence-electron chi connectivity index (χ2n) is 5.66. The molecule has 3 heterocycles. The highest BCUT2D eigenvalue weighted by atomic mass is 79.9. The molecule has 0 aliphatic carbocycles. The highest BCUT2D eigenvalue weighted by Crippen LogP contribution is 2.30. The summed E-state index contributed by atoms with van der Waals surface area (Å²) in [7, 11) is -1.94. The van der Waals surface area contributed by atoms with Crippen molar-refractivity contribution in [1.82, 2.24) is 9.62 Å². The summed E-state index contributed by atoms with van der Waals surface area (Å²) >= 11 is 3.33. The molecule has 0 aromatic heterocycles. The van der Waals surface area contributed by atoms with Crippen molar-refractivity contribution in [3.05, 3.63) is 22.7 Å². The quantitative estimate of drug-likeness (QED) is 0.873. The number of fused-ring (bicyclic) bond motifs is 3. The van der Waals surface area contributed by atoms with Crippen LogP contribution in [0.2, 0.25) is 0 Å². The maximum atomic E-state index is 12.5. The summed E-state index contributed by atoms with van der Waals surface area (Å²) in [4.78, 5) is 2.60. The van der Waals surface area contributed by atoms with Crippen molar-refractivity contribution in [2.24, 2.45) is 5.92 Å². The number of hydrogen-bond acceptors (Lipinski definition) is 4. The third-order valence-electron chi connectivity index (χ3n) is 4.40. The zero-order valence-electron chi connectivity index (χ0n) is 11.9. The van der Waals surface area contributed by atoms with Crippen molar-refractivity contribution < 1.29 is 13.2 Å². The van der Waals surface area contributed by atoms with Crippen molar-refractivity contribution in [3.63, 3.8) is 0 Å². The molecule has 1 aromatic carbocycles. The molecule has 7 heteroatoms. The molecule has 0 unspecified atom stereocenters. The Morgan fingerprint density at radius 3 is 2.57 bits per heavy atom. The molecule has 1 N–H and O–H groups in total. The average Bonchev–Trinajstić information content (AvgIpc) is 2.48. The number of sulfonamides is 1. The van der Waals surface area contributed by atoms with E-state index in [9.17, 15) is 8.42 Å². The van der Waals surface area contributed by atoms with E-state index in [1.54, 1.807) is 25.3 Å². The van der Waals surface area contributed by atoms with Crippen LogP contribution < -0.4 is 9.46 Å². The van der Waals surface area contributed by atoms with Crippen LogP contribution in [0.3, 0.4) is 0 Å². The highest BCUT2D eigenvalue weighted by molar-refractivity contribution is 9.10. The largest absolute Gasteiger partial charge is 0.496 e. The van der Waals surface area contributed by atoms with Gasteiger partial charge in [0.1, 0.15) is 5.75 Å². The van der Waals surface area contributed by atoms with E-state index >= 15 is 0 Å². The Balaban J connectivity index is 1.79. The summed E-state index contributed by atoms with van der Waals surface area (Å²) in [6.45, 7) is 3.01. The van der Waals surface area contributed by atoms with Crippen molar-refractivity contribution in [2.45, 2.75) is 23.8 Å². The lowest BCUT2D eigenvalue weighted by atomic mass is 9.85. The first-order valence-electron chi connectivity index (χ1n) is 7.08. The lowest BCUT2D eigenvalue weighted by Gasteiger charge is -2.44. The number of rotatable bonds is 4. The Labute approximate surface area is 133 Å². The Hall–Kier alpha value is -0.630. The molecular formula is C14H19BrN2O3S. The zero-order chi connectivity index (χ0) is 15.0. The van der Waals surface area contributed by atoms with Gasteiger partial charge < -0.3 is 9.64 Å². The number of nitrogens with zero attached hydrogens (tertiary/aromatic N) is 1. The van der Waals surface area contributed by atoms with E-state index in [2.05, 4.69) is 25.6 Å². The number of benzene rings is 1. The fourth-order valence-electron chi connectivity index (χ4n) is 3.18. The van der Waals surface area contributed by atoms with Gasteiger partial charge in [-0.15, -0.1) is 0 Å². The Morgan fingerprint density at radius 2 is 2.05 bits per heavy atom. The van der Waals surface area contributed by atoms with Gasteiger partial charge in [0.15, 0.2) is 0 Å². The standard InChI is InChI=1S/C14H19BrN2O3S/c1-20-14-3-2-11(8-12(14)15)21(18,19)16-13-9-17-6-4-10(13)5-7-17/h2-3,8,10,13,16H,4-7,9H2,1H3/t13-/m0/s1. The lowest BCUT2D eigenvalue weighted by molar-refractivity contribution is 0.0827. The normalized spacial score (nSPS) is 28.6. The minimum absolute atomic E-state index is 0.0263. The Bertz CT molecular complexity index is 627. The summed E-state index contributed by atoms with van der Waals surface area (Å²) < 4.78 is 33.7. The first kappa shape index (κ1) is 15.3. The van der Waals surface area contributed by atoms with Gasteiger partial charge in [0.05, 0.1) is 16.5 Å². The van der Waals surface area contributed by atoms with Crippen molar-refractivity contribution in [3.8, 4) is 5.75 Å². The molecule has 1 atom stereocenters. The molecule has 3 fully saturated rings. The monoisotopic (exact) mass is 374 g/mol. The Kier molecular flexibility index (Phi) is 4.27. The van der Waals surface area contributed by atoms with Crippen LogP contribution in [0.1, 0.15) is 12.8 Å². The van der Waals surface area contributed by atoms with Crippen LogP contribution >= 0.6 is 15.9 Å². The molecule has 4 rings (SSSR count). The summed E-state index contributed by atoms with van der Waals surface area (Å²) in [5.41, 5.74) is 0. The molecule has 0 spiro atoms. The van der Waals surface area contributed by atoms with Crippen molar-refractivity contribution in [2.75, 3.05) is 26.7 Å². The van der Waals surface area contributed by atoms with Gasteiger partial charge >= 0.3 is 0 Å². The molecule has 116 valence electrons. The number of nitrogens with one attached hydrogen (secondary N) is 1. The molecular weight excluding hydrogens is 356 g/mol. The fraction of sp³-hybridized carbons (Fsp3) is 0.571. The molecule has 1 aromatic rings. The van der Waals surface area contributed by atoms with E-state index in [1.807, 2.05) is 0 Å². The summed E-state index contributed by atoms with van der Waals surface area (Å²) in [5.74, 6) is 1.09. The third-order valence-corrected chi connectivity index (χ3v) is 6.50. The second-order valence-corrected chi connectivity index (χ2v) is 8.23. The van der Waals surface area contributed by atoms with E-state index in [1.165, 1.54) is 0 Å². The third kappa shape index (κ3) is 3.11. The van der Waals surface area contributed by atoms with Gasteiger partial charge in [0.25, 0.3) is 0 Å². The van der Waals surface area contributed by atoms with E-state index in [0.29, 0.717) is 16.1 Å². The summed E-state index contributed by atoms with van der Waals surface area (Å²) in [6.07, 6.45) is 2.17. The van der Waals surface area contributed by atoms with Crippen molar-refractivity contribution >= 4 is 26.0 Å². The van der Waals surface area contributed by atoms with Gasteiger partial charge in [-0.3, -0.25) is 0 Å². The van der Waals surface area contributed by atoms with Crippen LogP contribution in [-0.4, -0.2) is 46.1 Å². The maximum absolute atomic E-state index is 12.5. The van der Waals surface area contributed by atoms with E-state index in [4.69, 9.17) is 4.74 Å². The smallest absolute Gasteiger partial charge is 0.240 e. The summed E-state index contributed by atoms with van der Waals surface area (Å²) in [6, 6.07) is 4.85. The number of ether oxygens (including phenoxy) is 1. The molecule has 2 bridgehead atoms. The summed E-state index contributed by atoms with van der Waals surface area (Å²) in [5, 5.41) is 0. The number of methoxy groups -OCH3 is 1. The molecule has 0 saturated carbocycles. The predicted octanol–water partition coefficient (Wildman–Crippen LogP) is 1.83. The second kappa shape index (κ2) is 5.87. The minimum Gasteiger partial charge on any atom is -0.496 e. The predicted molar refractivity (Wildman–Crippen MR) is 84.0 cm³/mol. The topological polar surface area (TPSA) is 58.6 Å². The minimum atomic E-state index is -3.49. The van der Waals surface area contributed by atoms with Crippen LogP contribution in [0.15, 0.2) is 27.6 Å². The van der Waals surface area contributed by atoms with Gasteiger partial charge in [-0.1, -0.05) is 0 Å². The van der Waals surface area contributed by atoms with E-state index < -0.39 is 10.0 Å². The molecule has 3 aliphatic rings. The molecule has 21 heavy (non-hydrogen) atoms. The van der Waals surface area contributed by atoms with E-state index in [0.717, 1.165) is 32.5 Å². The van der Waals surface area contributed by atoms with Gasteiger partial charge in [-0.25, -0.2) is 13.1 Å². The molecule has 3 aliphatic heterocycles. The molecule has 0 radical (unpaired) electrons. The lowest BCUT2D eigenvalue weighted by Crippen LogP contribution is -2.57. The number of piperidine rings is 3. The van der Waals surface area contributed by atoms with Crippen LogP contribution in [0.5, 0.6) is 5.75 Å². The SMILES string of the molecule is COc1ccc(S(=O)(=O)N[C@H]2CN3CCC2CC3)cc1Br. The maximum Gasteiger partial charge on any atom is 0.240 e. The fourth-order valence-corrected chi connectivity index (χ4v) is 5.19. The number of halogens is 1. The first-order valence-corrected chi connectivity index (χ1v) is 9.35. The molecule has 5 nitrogen and oxygen atoms in total. The molecule has 3 saturated heterocycles. The number of hydrogen-bond donors (Lipinski definition) is 1.